The third-order valence-electron chi connectivity index (χ3n) is 5.11. The van der Waals surface area contributed by atoms with Gasteiger partial charge in [-0.15, -0.1) is 0 Å². The van der Waals surface area contributed by atoms with Gasteiger partial charge in [-0.2, -0.15) is 0 Å². The van der Waals surface area contributed by atoms with Crippen LogP contribution < -0.4 is 4.90 Å². The molecule has 4 rings (SSSR count). The Kier molecular flexibility index (Phi) is 4.65. The van der Waals surface area contributed by atoms with E-state index < -0.39 is 0 Å². The van der Waals surface area contributed by atoms with Crippen LogP contribution in [0.25, 0.3) is 10.9 Å². The largest absolute Gasteiger partial charge is 0.392 e. The second-order valence-corrected chi connectivity index (χ2v) is 6.74. The molecule has 1 aromatic heterocycles. The second kappa shape index (κ2) is 7.05. The molecule has 0 aliphatic carbocycles. The number of hydrogen-bond acceptors (Lipinski definition) is 5. The van der Waals surface area contributed by atoms with Crippen LogP contribution in [0.4, 0.5) is 5.82 Å². The molecule has 1 aromatic carbocycles. The lowest BCUT2D eigenvalue weighted by molar-refractivity contribution is 0.0712. The average Bonchev–Trinajstić information content (AvgIpc) is 3.14. The molecule has 0 amide bonds. The molecule has 0 saturated carbocycles. The van der Waals surface area contributed by atoms with Gasteiger partial charge in [0.05, 0.1) is 18.2 Å². The van der Waals surface area contributed by atoms with Crippen LogP contribution in [0.2, 0.25) is 0 Å². The van der Waals surface area contributed by atoms with Crippen LogP contribution in [0.1, 0.15) is 18.4 Å². The first-order valence-corrected chi connectivity index (χ1v) is 8.92. The van der Waals surface area contributed by atoms with Crippen molar-refractivity contribution in [3.63, 3.8) is 0 Å². The molecule has 128 valence electrons. The van der Waals surface area contributed by atoms with E-state index in [9.17, 15) is 5.11 Å². The van der Waals surface area contributed by atoms with Crippen LogP contribution >= 0.6 is 0 Å². The van der Waals surface area contributed by atoms with E-state index in [0.29, 0.717) is 6.10 Å². The van der Waals surface area contributed by atoms with E-state index in [0.717, 1.165) is 61.6 Å². The number of aromatic nitrogens is 1. The number of hydrogen-bond donors (Lipinski definition) is 1. The van der Waals surface area contributed by atoms with Crippen LogP contribution in [0.15, 0.2) is 30.3 Å². The fourth-order valence-electron chi connectivity index (χ4n) is 3.76. The third-order valence-corrected chi connectivity index (χ3v) is 5.11. The summed E-state index contributed by atoms with van der Waals surface area (Å²) in [6.07, 6.45) is 2.82. The van der Waals surface area contributed by atoms with Gasteiger partial charge >= 0.3 is 0 Å². The Morgan fingerprint density at radius 1 is 1.17 bits per heavy atom. The van der Waals surface area contributed by atoms with Gasteiger partial charge in [-0.05, 0) is 25.0 Å². The third kappa shape index (κ3) is 3.24. The second-order valence-electron chi connectivity index (χ2n) is 6.74. The highest BCUT2D eigenvalue weighted by atomic mass is 16.5. The summed E-state index contributed by atoms with van der Waals surface area (Å²) in [5, 5.41) is 10.8. The molecule has 1 atom stereocenters. The first-order valence-electron chi connectivity index (χ1n) is 8.92. The van der Waals surface area contributed by atoms with Crippen LogP contribution in [-0.4, -0.2) is 60.4 Å². The van der Waals surface area contributed by atoms with Gasteiger partial charge in [0, 0.05) is 50.3 Å². The maximum atomic E-state index is 9.76. The number of piperazine rings is 1. The predicted molar refractivity (Wildman–Crippen MR) is 95.3 cm³/mol. The maximum Gasteiger partial charge on any atom is 0.134 e. The lowest BCUT2D eigenvalue weighted by Gasteiger charge is -2.37. The molecule has 2 aromatic rings. The zero-order valence-corrected chi connectivity index (χ0v) is 14.0. The van der Waals surface area contributed by atoms with Gasteiger partial charge in [-0.25, -0.2) is 4.98 Å². The fourth-order valence-corrected chi connectivity index (χ4v) is 3.76. The van der Waals surface area contributed by atoms with Crippen molar-refractivity contribution in [1.82, 2.24) is 9.88 Å². The van der Waals surface area contributed by atoms with Gasteiger partial charge in [-0.3, -0.25) is 4.90 Å². The number of aliphatic hydroxyl groups excluding tert-OH is 1. The van der Waals surface area contributed by atoms with Gasteiger partial charge < -0.3 is 14.7 Å². The van der Waals surface area contributed by atoms with Gasteiger partial charge in [0.15, 0.2) is 0 Å². The number of para-hydroxylation sites is 1. The van der Waals surface area contributed by atoms with Crippen molar-refractivity contribution in [2.45, 2.75) is 25.6 Å². The number of aliphatic hydroxyl groups is 1. The Hall–Kier alpha value is -1.69. The molecular weight excluding hydrogens is 302 g/mol. The highest BCUT2D eigenvalue weighted by Gasteiger charge is 2.24. The molecule has 2 saturated heterocycles. The summed E-state index contributed by atoms with van der Waals surface area (Å²) in [4.78, 5) is 9.62. The molecule has 0 radical (unpaired) electrons. The summed E-state index contributed by atoms with van der Waals surface area (Å²) < 4.78 is 5.75. The summed E-state index contributed by atoms with van der Waals surface area (Å²) in [5.41, 5.74) is 1.91. The highest BCUT2D eigenvalue weighted by Crippen LogP contribution is 2.25. The van der Waals surface area contributed by atoms with Crippen LogP contribution in [0.3, 0.4) is 0 Å². The molecule has 0 unspecified atom stereocenters. The number of rotatable bonds is 4. The van der Waals surface area contributed by atoms with E-state index in [1.807, 2.05) is 24.3 Å². The van der Waals surface area contributed by atoms with E-state index in [2.05, 4.69) is 15.9 Å². The van der Waals surface area contributed by atoms with Crippen molar-refractivity contribution in [2.24, 2.45) is 0 Å². The van der Waals surface area contributed by atoms with E-state index in [-0.39, 0.29) is 6.61 Å². The van der Waals surface area contributed by atoms with Crippen molar-refractivity contribution in [3.8, 4) is 0 Å². The Bertz CT molecular complexity index is 692. The predicted octanol–water partition coefficient (Wildman–Crippen LogP) is 2.03. The number of anilines is 1. The lowest BCUT2D eigenvalue weighted by atomic mass is 10.1. The number of pyridine rings is 1. The van der Waals surface area contributed by atoms with Gasteiger partial charge in [0.25, 0.3) is 0 Å². The van der Waals surface area contributed by atoms with E-state index >= 15 is 0 Å². The normalized spacial score (nSPS) is 22.4. The van der Waals surface area contributed by atoms with Crippen molar-refractivity contribution in [2.75, 3.05) is 44.2 Å². The molecular formula is C19H25N3O2. The number of ether oxygens (including phenoxy) is 1. The maximum absolute atomic E-state index is 9.76. The molecule has 2 aliphatic heterocycles. The number of fused-ring (bicyclic) bond motifs is 1. The van der Waals surface area contributed by atoms with Crippen molar-refractivity contribution in [3.05, 3.63) is 35.9 Å². The molecule has 3 heterocycles. The Morgan fingerprint density at radius 2 is 2.00 bits per heavy atom. The standard InChI is InChI=1S/C19H25N3O2/c23-14-16-12-15-4-1-2-6-18(15)20-19(16)22-9-7-21(8-10-22)13-17-5-3-11-24-17/h1-2,4,6,12,17,23H,3,5,7-11,13-14H2/t17-/m0/s1. The summed E-state index contributed by atoms with van der Waals surface area (Å²) in [6.45, 7) is 5.95. The van der Waals surface area contributed by atoms with E-state index in [4.69, 9.17) is 9.72 Å². The van der Waals surface area contributed by atoms with Gasteiger partial charge in [0.2, 0.25) is 0 Å². The van der Waals surface area contributed by atoms with Gasteiger partial charge in [-0.1, -0.05) is 18.2 Å². The first kappa shape index (κ1) is 15.8. The van der Waals surface area contributed by atoms with Crippen LogP contribution in [-0.2, 0) is 11.3 Å². The number of nitrogens with zero attached hydrogens (tertiary/aromatic N) is 3. The topological polar surface area (TPSA) is 48.8 Å². The molecule has 5 nitrogen and oxygen atoms in total. The minimum absolute atomic E-state index is 0.0310. The molecule has 2 fully saturated rings. The zero-order valence-electron chi connectivity index (χ0n) is 14.0. The molecule has 5 heteroatoms. The van der Waals surface area contributed by atoms with E-state index in [1.54, 1.807) is 0 Å². The van der Waals surface area contributed by atoms with Crippen LogP contribution in [0.5, 0.6) is 0 Å². The monoisotopic (exact) mass is 327 g/mol. The van der Waals surface area contributed by atoms with E-state index in [1.165, 1.54) is 12.8 Å². The zero-order chi connectivity index (χ0) is 16.4. The molecule has 2 aliphatic rings. The first-order chi connectivity index (χ1) is 11.8. The highest BCUT2D eigenvalue weighted by molar-refractivity contribution is 5.81. The summed E-state index contributed by atoms with van der Waals surface area (Å²) >= 11 is 0. The summed E-state index contributed by atoms with van der Waals surface area (Å²) in [7, 11) is 0. The minimum atomic E-state index is 0.0310. The average molecular weight is 327 g/mol. The van der Waals surface area contributed by atoms with Crippen molar-refractivity contribution >= 4 is 16.7 Å². The number of benzene rings is 1. The van der Waals surface area contributed by atoms with Crippen molar-refractivity contribution < 1.29 is 9.84 Å². The molecule has 0 bridgehead atoms. The smallest absolute Gasteiger partial charge is 0.134 e. The quantitative estimate of drug-likeness (QED) is 0.931. The van der Waals surface area contributed by atoms with Crippen molar-refractivity contribution in [1.29, 1.82) is 0 Å². The SMILES string of the molecule is OCc1cc2ccccc2nc1N1CCN(C[C@@H]2CCCO2)CC1. The Morgan fingerprint density at radius 3 is 2.75 bits per heavy atom. The Balaban J connectivity index is 1.47. The Labute approximate surface area is 142 Å². The summed E-state index contributed by atoms with van der Waals surface area (Å²) in [6, 6.07) is 10.2. The van der Waals surface area contributed by atoms with Gasteiger partial charge in [0.1, 0.15) is 5.82 Å². The van der Waals surface area contributed by atoms with Crippen LogP contribution in [0, 0.1) is 0 Å². The summed E-state index contributed by atoms with van der Waals surface area (Å²) in [5.74, 6) is 0.938. The molecule has 1 N–H and O–H groups in total. The molecule has 0 spiro atoms. The fraction of sp³-hybridized carbons (Fsp3) is 0.526. The minimum Gasteiger partial charge on any atom is -0.392 e. The lowest BCUT2D eigenvalue weighted by Crippen LogP contribution is -2.49. The molecule has 24 heavy (non-hydrogen) atoms.